The first-order chi connectivity index (χ1) is 14.8. The fraction of sp³-hybridized carbons (Fsp3) is 0.304. The van der Waals surface area contributed by atoms with E-state index in [9.17, 15) is 19.2 Å². The summed E-state index contributed by atoms with van der Waals surface area (Å²) in [6.07, 6.45) is 0.232. The molecule has 3 N–H and O–H groups in total. The minimum Gasteiger partial charge on any atom is -0.338 e. The molecule has 0 aliphatic carbocycles. The van der Waals surface area contributed by atoms with E-state index in [0.29, 0.717) is 12.1 Å². The number of amides is 6. The second kappa shape index (κ2) is 9.42. The van der Waals surface area contributed by atoms with Crippen LogP contribution in [0.3, 0.4) is 0 Å². The number of carbonyl (C=O) groups is 4. The number of nitrogens with zero attached hydrogens (tertiary/aromatic N) is 1. The first-order valence-corrected chi connectivity index (χ1v) is 10.1. The maximum absolute atomic E-state index is 13.4. The predicted octanol–water partition coefficient (Wildman–Crippen LogP) is 2.16. The largest absolute Gasteiger partial charge is 0.338 e. The zero-order chi connectivity index (χ0) is 22.4. The van der Waals surface area contributed by atoms with Crippen LogP contribution in [0.25, 0.3) is 0 Å². The van der Waals surface area contributed by atoms with Crippen LogP contribution in [-0.2, 0) is 21.5 Å². The molecule has 0 aromatic heterocycles. The van der Waals surface area contributed by atoms with Crippen LogP contribution in [0.5, 0.6) is 0 Å². The molecule has 8 nitrogen and oxygen atoms in total. The molecule has 1 atom stereocenters. The minimum absolute atomic E-state index is 0.219. The van der Waals surface area contributed by atoms with E-state index >= 15 is 0 Å². The quantitative estimate of drug-likeness (QED) is 0.594. The summed E-state index contributed by atoms with van der Waals surface area (Å²) in [5.41, 5.74) is 0.147. The monoisotopic (exact) mass is 422 g/mol. The van der Waals surface area contributed by atoms with Crippen molar-refractivity contribution < 1.29 is 19.2 Å². The number of rotatable bonds is 7. The molecule has 0 bridgehead atoms. The summed E-state index contributed by atoms with van der Waals surface area (Å²) in [6.45, 7) is 3.69. The lowest BCUT2D eigenvalue weighted by Crippen LogP contribution is -2.48. The van der Waals surface area contributed by atoms with Gasteiger partial charge in [-0.25, -0.2) is 9.59 Å². The molecule has 2 aromatic rings. The molecule has 1 aliphatic heterocycles. The standard InChI is InChI=1S/C23H26N4O4/c1-16(2)14-24-21(30)25-19(28)15-27-20(29)23(26-22(27)31,18-11-7-4-8-12-18)13-17-9-5-3-6-10-17/h3-12,16H,13-15H2,1-2H3,(H,26,31)(H2,24,25,28,30). The second-order valence-corrected chi connectivity index (χ2v) is 7.91. The number of hydrogen-bond donors (Lipinski definition) is 3. The maximum atomic E-state index is 13.4. The lowest BCUT2D eigenvalue weighted by molar-refractivity contribution is -0.135. The van der Waals surface area contributed by atoms with Gasteiger partial charge in [-0.3, -0.25) is 19.8 Å². The Kier molecular flexibility index (Phi) is 6.69. The molecule has 162 valence electrons. The minimum atomic E-state index is -1.33. The van der Waals surface area contributed by atoms with Crippen molar-refractivity contribution in [2.24, 2.45) is 5.92 Å². The van der Waals surface area contributed by atoms with Crippen molar-refractivity contribution in [2.75, 3.05) is 13.1 Å². The van der Waals surface area contributed by atoms with Crippen molar-refractivity contribution >= 4 is 23.9 Å². The highest BCUT2D eigenvalue weighted by Gasteiger charge is 2.52. The van der Waals surface area contributed by atoms with Crippen LogP contribution >= 0.6 is 0 Å². The molecule has 31 heavy (non-hydrogen) atoms. The number of imide groups is 2. The lowest BCUT2D eigenvalue weighted by Gasteiger charge is -2.27. The number of urea groups is 2. The predicted molar refractivity (Wildman–Crippen MR) is 115 cm³/mol. The topological polar surface area (TPSA) is 108 Å². The molecule has 1 unspecified atom stereocenters. The first-order valence-electron chi connectivity index (χ1n) is 10.1. The molecular formula is C23H26N4O4. The van der Waals surface area contributed by atoms with Crippen LogP contribution in [0.2, 0.25) is 0 Å². The molecule has 3 rings (SSSR count). The third-order valence-electron chi connectivity index (χ3n) is 4.98. The van der Waals surface area contributed by atoms with E-state index in [-0.39, 0.29) is 12.3 Å². The summed E-state index contributed by atoms with van der Waals surface area (Å²) in [7, 11) is 0. The number of hydrogen-bond acceptors (Lipinski definition) is 4. The Morgan fingerprint density at radius 1 is 1.00 bits per heavy atom. The molecule has 1 saturated heterocycles. The van der Waals surface area contributed by atoms with Crippen molar-refractivity contribution in [3.05, 3.63) is 71.8 Å². The highest BCUT2D eigenvalue weighted by atomic mass is 16.2. The van der Waals surface area contributed by atoms with E-state index in [4.69, 9.17) is 0 Å². The molecular weight excluding hydrogens is 396 g/mol. The molecule has 1 fully saturated rings. The van der Waals surface area contributed by atoms with Gasteiger partial charge in [0.1, 0.15) is 6.54 Å². The van der Waals surface area contributed by atoms with Gasteiger partial charge in [-0.15, -0.1) is 0 Å². The number of carbonyl (C=O) groups excluding carboxylic acids is 4. The van der Waals surface area contributed by atoms with Gasteiger partial charge in [0, 0.05) is 13.0 Å². The Bertz CT molecular complexity index is 962. The molecule has 0 spiro atoms. The van der Waals surface area contributed by atoms with Gasteiger partial charge in [0.25, 0.3) is 5.91 Å². The lowest BCUT2D eigenvalue weighted by atomic mass is 9.83. The van der Waals surface area contributed by atoms with Crippen molar-refractivity contribution in [3.63, 3.8) is 0 Å². The molecule has 1 aliphatic rings. The summed E-state index contributed by atoms with van der Waals surface area (Å²) in [4.78, 5) is 51.1. The maximum Gasteiger partial charge on any atom is 0.325 e. The fourth-order valence-corrected chi connectivity index (χ4v) is 3.46. The Morgan fingerprint density at radius 2 is 1.61 bits per heavy atom. The van der Waals surface area contributed by atoms with Gasteiger partial charge in [-0.2, -0.15) is 0 Å². The summed E-state index contributed by atoms with van der Waals surface area (Å²) in [6, 6.07) is 16.9. The molecule has 1 heterocycles. The Balaban J connectivity index is 1.80. The highest BCUT2D eigenvalue weighted by Crippen LogP contribution is 2.32. The average molecular weight is 422 g/mol. The van der Waals surface area contributed by atoms with Crippen LogP contribution < -0.4 is 16.0 Å². The van der Waals surface area contributed by atoms with Crippen LogP contribution in [0.15, 0.2) is 60.7 Å². The molecule has 6 amide bonds. The van der Waals surface area contributed by atoms with Gasteiger partial charge in [-0.1, -0.05) is 74.5 Å². The van der Waals surface area contributed by atoms with Crippen molar-refractivity contribution in [1.29, 1.82) is 0 Å². The Morgan fingerprint density at radius 3 is 2.23 bits per heavy atom. The van der Waals surface area contributed by atoms with E-state index in [1.807, 2.05) is 50.2 Å². The highest BCUT2D eigenvalue weighted by molar-refractivity contribution is 6.10. The molecule has 0 saturated carbocycles. The average Bonchev–Trinajstić information content (AvgIpc) is 2.98. The van der Waals surface area contributed by atoms with Gasteiger partial charge < -0.3 is 10.6 Å². The van der Waals surface area contributed by atoms with Crippen molar-refractivity contribution in [2.45, 2.75) is 25.8 Å². The smallest absolute Gasteiger partial charge is 0.325 e. The van der Waals surface area contributed by atoms with E-state index in [0.717, 1.165) is 10.5 Å². The fourth-order valence-electron chi connectivity index (χ4n) is 3.46. The normalized spacial score (nSPS) is 18.1. The van der Waals surface area contributed by atoms with Gasteiger partial charge in [0.2, 0.25) is 5.91 Å². The SMILES string of the molecule is CC(C)CNC(=O)NC(=O)CN1C(=O)NC(Cc2ccccc2)(c2ccccc2)C1=O. The van der Waals surface area contributed by atoms with Crippen LogP contribution in [-0.4, -0.2) is 41.9 Å². The van der Waals surface area contributed by atoms with Gasteiger partial charge in [0.05, 0.1) is 0 Å². The summed E-state index contributed by atoms with van der Waals surface area (Å²) in [5, 5.41) is 7.51. The zero-order valence-electron chi connectivity index (χ0n) is 17.6. The molecule has 0 radical (unpaired) electrons. The van der Waals surface area contributed by atoms with Crippen LogP contribution in [0.1, 0.15) is 25.0 Å². The van der Waals surface area contributed by atoms with Gasteiger partial charge in [0.15, 0.2) is 5.54 Å². The number of benzene rings is 2. The summed E-state index contributed by atoms with van der Waals surface area (Å²) < 4.78 is 0. The zero-order valence-corrected chi connectivity index (χ0v) is 17.6. The third kappa shape index (κ3) is 5.09. The number of nitrogens with one attached hydrogen (secondary N) is 3. The summed E-state index contributed by atoms with van der Waals surface area (Å²) >= 11 is 0. The van der Waals surface area contributed by atoms with Gasteiger partial charge >= 0.3 is 12.1 Å². The van der Waals surface area contributed by atoms with Crippen LogP contribution in [0, 0.1) is 5.92 Å². The Labute approximate surface area is 181 Å². The van der Waals surface area contributed by atoms with Crippen molar-refractivity contribution in [3.8, 4) is 0 Å². The third-order valence-corrected chi connectivity index (χ3v) is 4.98. The van der Waals surface area contributed by atoms with E-state index in [1.54, 1.807) is 24.3 Å². The van der Waals surface area contributed by atoms with Crippen LogP contribution in [0.4, 0.5) is 9.59 Å². The van der Waals surface area contributed by atoms with E-state index in [2.05, 4.69) is 16.0 Å². The van der Waals surface area contributed by atoms with Gasteiger partial charge in [-0.05, 0) is 17.0 Å². The summed E-state index contributed by atoms with van der Waals surface area (Å²) in [5.74, 6) is -1.06. The molecule has 2 aromatic carbocycles. The second-order valence-electron chi connectivity index (χ2n) is 7.91. The van der Waals surface area contributed by atoms with E-state index in [1.165, 1.54) is 0 Å². The van der Waals surface area contributed by atoms with E-state index < -0.39 is 36.0 Å². The van der Waals surface area contributed by atoms with Crippen molar-refractivity contribution in [1.82, 2.24) is 20.9 Å². The Hall–Kier alpha value is -3.68. The molecule has 8 heteroatoms. The first kappa shape index (κ1) is 22.0.